The number of aliphatic hydroxyl groups excluding tert-OH is 1. The molecule has 1 aliphatic heterocycles. The van der Waals surface area contributed by atoms with Crippen LogP contribution >= 0.6 is 11.6 Å². The van der Waals surface area contributed by atoms with Gasteiger partial charge < -0.3 is 15.2 Å². The second kappa shape index (κ2) is 9.87. The number of ether oxygens (including phenoxy) is 1. The Morgan fingerprint density at radius 2 is 2.00 bits per heavy atom. The maximum absolute atomic E-state index is 12.7. The smallest absolute Gasteiger partial charge is 0.261 e. The Morgan fingerprint density at radius 1 is 1.19 bits per heavy atom. The van der Waals surface area contributed by atoms with Gasteiger partial charge in [0.05, 0.1) is 11.0 Å². The number of aryl methyl sites for hydroxylation is 1. The Kier molecular flexibility index (Phi) is 6.95. The number of hydrogen-bond donors (Lipinski definition) is 3. The minimum absolute atomic E-state index is 0.0572. The first-order valence-corrected chi connectivity index (χ1v) is 12.1. The van der Waals surface area contributed by atoms with E-state index in [0.717, 1.165) is 17.5 Å². The number of rotatable bonds is 8. The van der Waals surface area contributed by atoms with Gasteiger partial charge in [0.2, 0.25) is 0 Å². The number of aromatic nitrogens is 1. The van der Waals surface area contributed by atoms with Crippen LogP contribution in [0.1, 0.15) is 23.7 Å². The number of nitrogens with zero attached hydrogens (tertiary/aromatic N) is 1. The highest BCUT2D eigenvalue weighted by Gasteiger charge is 2.23. The van der Waals surface area contributed by atoms with Gasteiger partial charge >= 0.3 is 0 Å². The minimum atomic E-state index is -3.72. The summed E-state index contributed by atoms with van der Waals surface area (Å²) >= 11 is 5.86. The van der Waals surface area contributed by atoms with Gasteiger partial charge in [0, 0.05) is 41.8 Å². The Morgan fingerprint density at radius 3 is 2.75 bits per heavy atom. The lowest BCUT2D eigenvalue weighted by Gasteiger charge is -2.27. The van der Waals surface area contributed by atoms with Crippen molar-refractivity contribution in [2.24, 2.45) is 0 Å². The quantitative estimate of drug-likeness (QED) is 0.462. The van der Waals surface area contributed by atoms with E-state index in [0.29, 0.717) is 36.0 Å². The number of nitrogens with one attached hydrogen (secondary N) is 2. The fraction of sp³-hybridized carbons (Fsp3) is 0.261. The van der Waals surface area contributed by atoms with Crippen molar-refractivity contribution in [1.82, 2.24) is 10.3 Å². The molecule has 0 fully saturated rings. The fourth-order valence-electron chi connectivity index (χ4n) is 3.54. The Balaban J connectivity index is 1.34. The number of anilines is 1. The highest BCUT2D eigenvalue weighted by atomic mass is 35.5. The molecule has 0 saturated carbocycles. The fourth-order valence-corrected chi connectivity index (χ4v) is 4.77. The molecule has 2 atom stereocenters. The molecule has 1 aromatic heterocycles. The van der Waals surface area contributed by atoms with Crippen LogP contribution in [-0.2, 0) is 16.4 Å². The molecule has 7 nitrogen and oxygen atoms in total. The van der Waals surface area contributed by atoms with Crippen molar-refractivity contribution in [3.05, 3.63) is 83.1 Å². The first-order chi connectivity index (χ1) is 15.4. The molecule has 2 heterocycles. The largest absolute Gasteiger partial charge is 0.489 e. The lowest BCUT2D eigenvalue weighted by molar-refractivity contribution is 0.146. The standard InChI is InChI=1S/C23H24ClN3O4S/c24-18-4-6-19(7-5-18)27-32(29,30)21-9-10-23-16(12-21)3-8-20(31-23)14-26-15-22(28)17-2-1-11-25-13-17/h1-2,4-7,9-13,20,22,26-28H,3,8,14-15H2/t20?,22-/m0/s1. The van der Waals surface area contributed by atoms with E-state index in [4.69, 9.17) is 16.3 Å². The molecule has 0 radical (unpaired) electrons. The molecule has 0 amide bonds. The molecular formula is C23H24ClN3O4S. The van der Waals surface area contributed by atoms with E-state index < -0.39 is 16.1 Å². The summed E-state index contributed by atoms with van der Waals surface area (Å²) in [6.45, 7) is 0.973. The van der Waals surface area contributed by atoms with Crippen molar-refractivity contribution < 1.29 is 18.3 Å². The number of hydrogen-bond acceptors (Lipinski definition) is 6. The van der Waals surface area contributed by atoms with Crippen molar-refractivity contribution in [2.45, 2.75) is 29.9 Å². The van der Waals surface area contributed by atoms with Crippen molar-refractivity contribution >= 4 is 27.3 Å². The number of pyridine rings is 1. The molecule has 1 aliphatic rings. The van der Waals surface area contributed by atoms with Gasteiger partial charge in [-0.15, -0.1) is 0 Å². The topological polar surface area (TPSA) is 101 Å². The number of sulfonamides is 1. The summed E-state index contributed by atoms with van der Waals surface area (Å²) in [6, 6.07) is 15.0. The zero-order chi connectivity index (χ0) is 22.6. The number of halogens is 1. The number of aliphatic hydroxyl groups is 1. The summed E-state index contributed by atoms with van der Waals surface area (Å²) in [4.78, 5) is 4.20. The lowest BCUT2D eigenvalue weighted by atomic mass is 10.0. The highest BCUT2D eigenvalue weighted by Crippen LogP contribution is 2.30. The average Bonchev–Trinajstić information content (AvgIpc) is 2.80. The molecule has 2 aromatic carbocycles. The normalized spacial score (nSPS) is 16.6. The lowest BCUT2D eigenvalue weighted by Crippen LogP contribution is -2.36. The zero-order valence-electron chi connectivity index (χ0n) is 17.2. The third kappa shape index (κ3) is 5.58. The van der Waals surface area contributed by atoms with E-state index in [1.807, 2.05) is 6.07 Å². The van der Waals surface area contributed by atoms with E-state index in [1.165, 1.54) is 0 Å². The van der Waals surface area contributed by atoms with Crippen LogP contribution < -0.4 is 14.8 Å². The molecule has 1 unspecified atom stereocenters. The third-order valence-corrected chi connectivity index (χ3v) is 6.88. The average molecular weight is 474 g/mol. The highest BCUT2D eigenvalue weighted by molar-refractivity contribution is 7.92. The Labute approximate surface area is 192 Å². The number of benzene rings is 2. The van der Waals surface area contributed by atoms with Crippen LogP contribution in [0.3, 0.4) is 0 Å². The van der Waals surface area contributed by atoms with Gasteiger partial charge in [-0.2, -0.15) is 0 Å². The number of fused-ring (bicyclic) bond motifs is 1. The Bertz CT molecular complexity index is 1160. The summed E-state index contributed by atoms with van der Waals surface area (Å²) in [7, 11) is -3.72. The molecule has 0 saturated heterocycles. The van der Waals surface area contributed by atoms with Gasteiger partial charge in [0.15, 0.2) is 0 Å². The molecule has 168 valence electrons. The van der Waals surface area contributed by atoms with Crippen LogP contribution in [0.4, 0.5) is 5.69 Å². The molecular weight excluding hydrogens is 450 g/mol. The van der Waals surface area contributed by atoms with E-state index in [9.17, 15) is 13.5 Å². The van der Waals surface area contributed by atoms with Crippen molar-refractivity contribution in [3.63, 3.8) is 0 Å². The van der Waals surface area contributed by atoms with Gasteiger partial charge in [-0.3, -0.25) is 9.71 Å². The summed E-state index contributed by atoms with van der Waals surface area (Å²) < 4.78 is 34.1. The monoisotopic (exact) mass is 473 g/mol. The van der Waals surface area contributed by atoms with E-state index in [1.54, 1.807) is 60.9 Å². The molecule has 32 heavy (non-hydrogen) atoms. The van der Waals surface area contributed by atoms with Crippen LogP contribution in [0.15, 0.2) is 71.9 Å². The van der Waals surface area contributed by atoms with Crippen LogP contribution in [0.2, 0.25) is 5.02 Å². The van der Waals surface area contributed by atoms with Crippen LogP contribution in [0.5, 0.6) is 5.75 Å². The van der Waals surface area contributed by atoms with Crippen molar-refractivity contribution in [1.29, 1.82) is 0 Å². The minimum Gasteiger partial charge on any atom is -0.489 e. The van der Waals surface area contributed by atoms with Gasteiger partial charge in [-0.25, -0.2) is 8.42 Å². The summed E-state index contributed by atoms with van der Waals surface area (Å²) in [5.41, 5.74) is 2.06. The van der Waals surface area contributed by atoms with E-state index >= 15 is 0 Å². The van der Waals surface area contributed by atoms with Gasteiger partial charge in [0.25, 0.3) is 10.0 Å². The summed E-state index contributed by atoms with van der Waals surface area (Å²) in [5.74, 6) is 0.682. The molecule has 4 rings (SSSR count). The molecule has 9 heteroatoms. The molecule has 0 spiro atoms. The van der Waals surface area contributed by atoms with Crippen LogP contribution in [-0.4, -0.2) is 37.7 Å². The van der Waals surface area contributed by atoms with Crippen LogP contribution in [0.25, 0.3) is 0 Å². The SMILES string of the molecule is O=S(=O)(Nc1ccc(Cl)cc1)c1ccc2c(c1)CCC(CNC[C@H](O)c1cccnc1)O2. The predicted molar refractivity (Wildman–Crippen MR) is 124 cm³/mol. The van der Waals surface area contributed by atoms with E-state index in [2.05, 4.69) is 15.0 Å². The van der Waals surface area contributed by atoms with Crippen molar-refractivity contribution in [3.8, 4) is 5.75 Å². The molecule has 3 N–H and O–H groups in total. The van der Waals surface area contributed by atoms with Gasteiger partial charge in [-0.1, -0.05) is 17.7 Å². The third-order valence-electron chi connectivity index (χ3n) is 5.25. The molecule has 3 aromatic rings. The summed E-state index contributed by atoms with van der Waals surface area (Å²) in [5, 5.41) is 14.0. The second-order valence-electron chi connectivity index (χ2n) is 7.62. The van der Waals surface area contributed by atoms with Crippen LogP contribution in [0, 0.1) is 0 Å². The molecule has 0 aliphatic carbocycles. The first-order valence-electron chi connectivity index (χ1n) is 10.3. The molecule has 0 bridgehead atoms. The van der Waals surface area contributed by atoms with Gasteiger partial charge in [0.1, 0.15) is 11.9 Å². The Hall–Kier alpha value is -2.65. The maximum atomic E-state index is 12.7. The maximum Gasteiger partial charge on any atom is 0.261 e. The van der Waals surface area contributed by atoms with Gasteiger partial charge in [-0.05, 0) is 66.9 Å². The van der Waals surface area contributed by atoms with E-state index in [-0.39, 0.29) is 11.0 Å². The zero-order valence-corrected chi connectivity index (χ0v) is 18.8. The predicted octanol–water partition coefficient (Wildman–Crippen LogP) is 3.55. The summed E-state index contributed by atoms with van der Waals surface area (Å²) in [6.07, 6.45) is 4.07. The second-order valence-corrected chi connectivity index (χ2v) is 9.74. The van der Waals surface area contributed by atoms with Crippen molar-refractivity contribution in [2.75, 3.05) is 17.8 Å². The first kappa shape index (κ1) is 22.5.